The molecular formula is C8H5N3O2. The molecule has 5 nitrogen and oxygen atoms in total. The number of benzene rings is 1. The predicted octanol–water partition coefficient (Wildman–Crippen LogP) is 1.54. The van der Waals surface area contributed by atoms with E-state index in [1.807, 2.05) is 0 Å². The van der Waals surface area contributed by atoms with Crippen molar-refractivity contribution in [3.63, 3.8) is 0 Å². The van der Waals surface area contributed by atoms with Crippen LogP contribution in [0, 0.1) is 10.1 Å². The SMILES string of the molecule is O=[N+]([O-])c1cccc2nnccc12. The molecule has 0 atom stereocenters. The maximum atomic E-state index is 10.6. The fourth-order valence-electron chi connectivity index (χ4n) is 1.16. The van der Waals surface area contributed by atoms with Gasteiger partial charge in [0.05, 0.1) is 22.0 Å². The van der Waals surface area contributed by atoms with Gasteiger partial charge in [-0.05, 0) is 12.1 Å². The van der Waals surface area contributed by atoms with Crippen LogP contribution in [-0.2, 0) is 0 Å². The molecule has 0 radical (unpaired) electrons. The van der Waals surface area contributed by atoms with Gasteiger partial charge in [-0.15, -0.1) is 0 Å². The number of fused-ring (bicyclic) bond motifs is 1. The Kier molecular flexibility index (Phi) is 1.63. The molecule has 0 amide bonds. The number of rotatable bonds is 1. The fraction of sp³-hybridized carbons (Fsp3) is 0. The summed E-state index contributed by atoms with van der Waals surface area (Å²) in [5, 5.41) is 18.5. The minimum atomic E-state index is -0.427. The first-order valence-electron chi connectivity index (χ1n) is 3.64. The standard InChI is InChI=1S/C8H5N3O2/c12-11(13)8-3-1-2-7-6(8)4-5-9-10-7/h1-5H. The predicted molar refractivity (Wildman–Crippen MR) is 46.2 cm³/mol. The molecule has 0 saturated carbocycles. The minimum Gasteiger partial charge on any atom is -0.258 e. The van der Waals surface area contributed by atoms with Crippen molar-refractivity contribution < 1.29 is 4.92 Å². The highest BCUT2D eigenvalue weighted by atomic mass is 16.6. The van der Waals surface area contributed by atoms with Gasteiger partial charge in [0.2, 0.25) is 0 Å². The van der Waals surface area contributed by atoms with Crippen LogP contribution in [0.4, 0.5) is 5.69 Å². The molecule has 2 aromatic rings. The zero-order valence-electron chi connectivity index (χ0n) is 6.54. The zero-order valence-corrected chi connectivity index (χ0v) is 6.54. The van der Waals surface area contributed by atoms with E-state index < -0.39 is 4.92 Å². The van der Waals surface area contributed by atoms with Crippen molar-refractivity contribution in [3.8, 4) is 0 Å². The summed E-state index contributed by atoms with van der Waals surface area (Å²) in [7, 11) is 0. The number of nitrogens with zero attached hydrogens (tertiary/aromatic N) is 3. The Morgan fingerprint density at radius 1 is 1.31 bits per heavy atom. The van der Waals surface area contributed by atoms with Crippen molar-refractivity contribution in [2.45, 2.75) is 0 Å². The van der Waals surface area contributed by atoms with Crippen LogP contribution in [0.25, 0.3) is 10.9 Å². The fourth-order valence-corrected chi connectivity index (χ4v) is 1.16. The molecule has 0 aliphatic carbocycles. The van der Waals surface area contributed by atoms with Crippen LogP contribution in [0.15, 0.2) is 30.5 Å². The van der Waals surface area contributed by atoms with Gasteiger partial charge in [0, 0.05) is 6.07 Å². The molecule has 5 heteroatoms. The molecule has 0 fully saturated rings. The molecule has 64 valence electrons. The third kappa shape index (κ3) is 1.20. The number of hydrogen-bond donors (Lipinski definition) is 0. The van der Waals surface area contributed by atoms with Crippen molar-refractivity contribution in [2.75, 3.05) is 0 Å². The Morgan fingerprint density at radius 2 is 2.15 bits per heavy atom. The van der Waals surface area contributed by atoms with Crippen molar-refractivity contribution in [3.05, 3.63) is 40.6 Å². The monoisotopic (exact) mass is 175 g/mol. The van der Waals surface area contributed by atoms with Crippen LogP contribution in [-0.4, -0.2) is 15.1 Å². The first-order chi connectivity index (χ1) is 6.29. The van der Waals surface area contributed by atoms with Gasteiger partial charge in [0.15, 0.2) is 0 Å². The summed E-state index contributed by atoms with van der Waals surface area (Å²) in [5.41, 5.74) is 0.601. The van der Waals surface area contributed by atoms with E-state index in [-0.39, 0.29) is 5.69 Å². The van der Waals surface area contributed by atoms with Crippen LogP contribution in [0.2, 0.25) is 0 Å². The summed E-state index contributed by atoms with van der Waals surface area (Å²) >= 11 is 0. The van der Waals surface area contributed by atoms with Crippen LogP contribution in [0.1, 0.15) is 0 Å². The summed E-state index contributed by atoms with van der Waals surface area (Å²) in [6, 6.07) is 6.31. The third-order valence-electron chi connectivity index (χ3n) is 1.73. The van der Waals surface area contributed by atoms with E-state index in [0.29, 0.717) is 10.9 Å². The van der Waals surface area contributed by atoms with E-state index in [9.17, 15) is 10.1 Å². The van der Waals surface area contributed by atoms with Gasteiger partial charge < -0.3 is 0 Å². The van der Waals surface area contributed by atoms with Crippen LogP contribution >= 0.6 is 0 Å². The Morgan fingerprint density at radius 3 is 2.92 bits per heavy atom. The topological polar surface area (TPSA) is 68.9 Å². The number of non-ortho nitro benzene ring substituents is 1. The first kappa shape index (κ1) is 7.60. The molecule has 0 N–H and O–H groups in total. The van der Waals surface area contributed by atoms with E-state index in [2.05, 4.69) is 10.2 Å². The Hall–Kier alpha value is -2.04. The summed E-state index contributed by atoms with van der Waals surface area (Å²) in [5.74, 6) is 0. The maximum Gasteiger partial charge on any atom is 0.278 e. The van der Waals surface area contributed by atoms with Gasteiger partial charge >= 0.3 is 0 Å². The Balaban J connectivity index is 2.83. The quantitative estimate of drug-likeness (QED) is 0.487. The van der Waals surface area contributed by atoms with Gasteiger partial charge in [-0.25, -0.2) is 0 Å². The molecule has 0 saturated heterocycles. The second kappa shape index (κ2) is 2.78. The molecule has 2 rings (SSSR count). The lowest BCUT2D eigenvalue weighted by atomic mass is 10.2. The summed E-state index contributed by atoms with van der Waals surface area (Å²) < 4.78 is 0. The lowest BCUT2D eigenvalue weighted by Crippen LogP contribution is -1.90. The van der Waals surface area contributed by atoms with Crippen molar-refractivity contribution >= 4 is 16.6 Å². The maximum absolute atomic E-state index is 10.6. The molecule has 13 heavy (non-hydrogen) atoms. The van der Waals surface area contributed by atoms with E-state index in [1.165, 1.54) is 12.3 Å². The second-order valence-electron chi connectivity index (χ2n) is 2.50. The van der Waals surface area contributed by atoms with Crippen molar-refractivity contribution in [1.29, 1.82) is 0 Å². The summed E-state index contributed by atoms with van der Waals surface area (Å²) in [4.78, 5) is 10.1. The number of aromatic nitrogens is 2. The number of hydrogen-bond acceptors (Lipinski definition) is 4. The second-order valence-corrected chi connectivity index (χ2v) is 2.50. The van der Waals surface area contributed by atoms with Gasteiger partial charge in [-0.3, -0.25) is 10.1 Å². The molecule has 1 heterocycles. The molecule has 0 spiro atoms. The highest BCUT2D eigenvalue weighted by Crippen LogP contribution is 2.22. The van der Waals surface area contributed by atoms with E-state index in [4.69, 9.17) is 0 Å². The molecule has 0 bridgehead atoms. The number of nitro groups is 1. The summed E-state index contributed by atoms with van der Waals surface area (Å²) in [6.07, 6.45) is 1.44. The van der Waals surface area contributed by atoms with Gasteiger partial charge in [-0.2, -0.15) is 10.2 Å². The minimum absolute atomic E-state index is 0.0624. The van der Waals surface area contributed by atoms with Gasteiger partial charge in [-0.1, -0.05) is 6.07 Å². The molecule has 1 aromatic heterocycles. The average molecular weight is 175 g/mol. The zero-order chi connectivity index (χ0) is 9.26. The van der Waals surface area contributed by atoms with Crippen LogP contribution in [0.3, 0.4) is 0 Å². The lowest BCUT2D eigenvalue weighted by Gasteiger charge is -1.95. The molecule has 0 aliphatic rings. The normalized spacial score (nSPS) is 10.2. The van der Waals surface area contributed by atoms with Gasteiger partial charge in [0.25, 0.3) is 5.69 Å². The molecular weight excluding hydrogens is 170 g/mol. The Labute approximate surface area is 73.2 Å². The highest BCUT2D eigenvalue weighted by Gasteiger charge is 2.10. The first-order valence-corrected chi connectivity index (χ1v) is 3.64. The third-order valence-corrected chi connectivity index (χ3v) is 1.73. The van der Waals surface area contributed by atoms with E-state index >= 15 is 0 Å². The molecule has 0 unspecified atom stereocenters. The number of nitro benzene ring substituents is 1. The van der Waals surface area contributed by atoms with Crippen LogP contribution < -0.4 is 0 Å². The molecule has 0 aliphatic heterocycles. The van der Waals surface area contributed by atoms with Crippen molar-refractivity contribution in [2.24, 2.45) is 0 Å². The highest BCUT2D eigenvalue weighted by molar-refractivity contribution is 5.86. The summed E-state index contributed by atoms with van der Waals surface area (Å²) in [6.45, 7) is 0. The van der Waals surface area contributed by atoms with E-state index in [0.717, 1.165) is 0 Å². The smallest absolute Gasteiger partial charge is 0.258 e. The van der Waals surface area contributed by atoms with E-state index in [1.54, 1.807) is 18.2 Å². The van der Waals surface area contributed by atoms with Gasteiger partial charge in [0.1, 0.15) is 0 Å². The Bertz CT molecular complexity index is 464. The lowest BCUT2D eigenvalue weighted by molar-refractivity contribution is -0.383. The molecule has 1 aromatic carbocycles. The largest absolute Gasteiger partial charge is 0.278 e. The average Bonchev–Trinajstić information content (AvgIpc) is 2.17. The van der Waals surface area contributed by atoms with Crippen LogP contribution in [0.5, 0.6) is 0 Å². The van der Waals surface area contributed by atoms with Crippen molar-refractivity contribution in [1.82, 2.24) is 10.2 Å².